The number of aromatic amines is 1. The molecule has 0 aromatic carbocycles. The van der Waals surface area contributed by atoms with Crippen LogP contribution in [0.3, 0.4) is 0 Å². The first-order valence-corrected chi connectivity index (χ1v) is 6.57. The fraction of sp³-hybridized carbons (Fsp3) is 0.615. The van der Waals surface area contributed by atoms with Crippen LogP contribution in [0.1, 0.15) is 61.6 Å². The van der Waals surface area contributed by atoms with Crippen molar-refractivity contribution in [2.75, 3.05) is 0 Å². The fourth-order valence-corrected chi connectivity index (χ4v) is 2.09. The smallest absolute Gasteiger partial charge is 0.329 e. The van der Waals surface area contributed by atoms with Crippen LogP contribution in [-0.2, 0) is 4.79 Å². The summed E-state index contributed by atoms with van der Waals surface area (Å²) in [4.78, 5) is 23.3. The van der Waals surface area contributed by atoms with Crippen LogP contribution < -0.4 is 5.32 Å². The van der Waals surface area contributed by atoms with Crippen LogP contribution in [-0.4, -0.2) is 32.7 Å². The highest BCUT2D eigenvalue weighted by Crippen LogP contribution is 2.39. The zero-order valence-corrected chi connectivity index (χ0v) is 11.2. The molecule has 1 saturated carbocycles. The molecule has 0 aliphatic heterocycles. The van der Waals surface area contributed by atoms with E-state index in [1.807, 2.05) is 6.92 Å². The summed E-state index contributed by atoms with van der Waals surface area (Å²) in [5.74, 6) is -0.988. The molecule has 6 heteroatoms. The average Bonchev–Trinajstić information content (AvgIpc) is 3.07. The minimum atomic E-state index is -1.25. The lowest BCUT2D eigenvalue weighted by atomic mass is 9.96. The van der Waals surface area contributed by atoms with Crippen LogP contribution in [0.4, 0.5) is 0 Å². The SMILES string of the molecule is CCCC(C)(NC(=O)c1cc(C2CC2)[nH]n1)C(=O)O. The number of rotatable bonds is 6. The zero-order valence-electron chi connectivity index (χ0n) is 11.2. The lowest BCUT2D eigenvalue weighted by Gasteiger charge is -2.25. The molecule has 1 heterocycles. The molecule has 6 nitrogen and oxygen atoms in total. The molecule has 1 aromatic rings. The number of nitrogens with zero attached hydrogens (tertiary/aromatic N) is 1. The third-order valence-electron chi connectivity index (χ3n) is 3.46. The van der Waals surface area contributed by atoms with E-state index in [1.54, 1.807) is 6.07 Å². The van der Waals surface area contributed by atoms with Crippen LogP contribution in [0.15, 0.2) is 6.07 Å². The van der Waals surface area contributed by atoms with Crippen molar-refractivity contribution in [3.8, 4) is 0 Å². The average molecular weight is 265 g/mol. The number of carboxylic acids is 1. The van der Waals surface area contributed by atoms with Gasteiger partial charge < -0.3 is 10.4 Å². The molecule has 1 amide bonds. The van der Waals surface area contributed by atoms with Crippen molar-refractivity contribution in [3.63, 3.8) is 0 Å². The number of carbonyl (C=O) groups excluding carboxylic acids is 1. The van der Waals surface area contributed by atoms with E-state index >= 15 is 0 Å². The molecule has 0 radical (unpaired) electrons. The van der Waals surface area contributed by atoms with E-state index in [0.717, 1.165) is 18.5 Å². The van der Waals surface area contributed by atoms with Crippen molar-refractivity contribution in [2.45, 2.75) is 51.0 Å². The summed E-state index contributed by atoms with van der Waals surface area (Å²) in [5, 5.41) is 18.6. The van der Waals surface area contributed by atoms with Gasteiger partial charge in [0.1, 0.15) is 11.2 Å². The van der Waals surface area contributed by atoms with Gasteiger partial charge in [0.2, 0.25) is 0 Å². The normalized spacial score (nSPS) is 17.8. The molecule has 19 heavy (non-hydrogen) atoms. The van der Waals surface area contributed by atoms with Crippen molar-refractivity contribution in [1.29, 1.82) is 0 Å². The summed E-state index contributed by atoms with van der Waals surface area (Å²) in [5.41, 5.74) is -0.0343. The summed E-state index contributed by atoms with van der Waals surface area (Å²) in [6.45, 7) is 3.40. The molecule has 1 fully saturated rings. The minimum absolute atomic E-state index is 0.255. The van der Waals surface area contributed by atoms with Crippen LogP contribution in [0.25, 0.3) is 0 Å². The van der Waals surface area contributed by atoms with E-state index in [2.05, 4.69) is 15.5 Å². The minimum Gasteiger partial charge on any atom is -0.480 e. The van der Waals surface area contributed by atoms with Gasteiger partial charge in [-0.15, -0.1) is 0 Å². The third-order valence-corrected chi connectivity index (χ3v) is 3.46. The molecule has 0 saturated heterocycles. The van der Waals surface area contributed by atoms with Gasteiger partial charge in [0.25, 0.3) is 5.91 Å². The Morgan fingerprint density at radius 3 is 2.79 bits per heavy atom. The molecule has 104 valence electrons. The maximum Gasteiger partial charge on any atom is 0.329 e. The van der Waals surface area contributed by atoms with Gasteiger partial charge in [-0.25, -0.2) is 4.79 Å². The molecular weight excluding hydrogens is 246 g/mol. The van der Waals surface area contributed by atoms with Crippen molar-refractivity contribution < 1.29 is 14.7 Å². The maximum atomic E-state index is 12.0. The number of hydrogen-bond acceptors (Lipinski definition) is 3. The second kappa shape index (κ2) is 5.03. The van der Waals surface area contributed by atoms with Gasteiger partial charge >= 0.3 is 5.97 Å². The van der Waals surface area contributed by atoms with Crippen molar-refractivity contribution >= 4 is 11.9 Å². The molecule has 0 bridgehead atoms. The number of carboxylic acid groups (broad SMARTS) is 1. The van der Waals surface area contributed by atoms with Gasteiger partial charge in [-0.3, -0.25) is 9.89 Å². The van der Waals surface area contributed by atoms with Gasteiger partial charge in [0.15, 0.2) is 0 Å². The summed E-state index contributed by atoms with van der Waals surface area (Å²) < 4.78 is 0. The first-order valence-electron chi connectivity index (χ1n) is 6.57. The standard InChI is InChI=1S/C13H19N3O3/c1-3-6-13(2,12(18)19)14-11(17)10-7-9(15-16-10)8-4-5-8/h7-8H,3-6H2,1-2H3,(H,14,17)(H,15,16)(H,18,19). The number of aliphatic carboxylic acids is 1. The number of amides is 1. The molecule has 1 aromatic heterocycles. The Morgan fingerprint density at radius 1 is 1.58 bits per heavy atom. The Morgan fingerprint density at radius 2 is 2.26 bits per heavy atom. The lowest BCUT2D eigenvalue weighted by Crippen LogP contribution is -2.52. The molecule has 1 atom stereocenters. The van der Waals surface area contributed by atoms with E-state index < -0.39 is 17.4 Å². The summed E-state index contributed by atoms with van der Waals surface area (Å²) >= 11 is 0. The second-order valence-corrected chi connectivity index (χ2v) is 5.32. The van der Waals surface area contributed by atoms with Crippen molar-refractivity contribution in [3.05, 3.63) is 17.5 Å². The molecule has 1 unspecified atom stereocenters. The Bertz CT molecular complexity index is 493. The Kier molecular flexibility index (Phi) is 3.59. The first-order chi connectivity index (χ1) is 8.96. The van der Waals surface area contributed by atoms with Crippen LogP contribution in [0, 0.1) is 0 Å². The van der Waals surface area contributed by atoms with Crippen molar-refractivity contribution in [2.24, 2.45) is 0 Å². The quantitative estimate of drug-likeness (QED) is 0.729. The largest absolute Gasteiger partial charge is 0.480 e. The number of hydrogen-bond donors (Lipinski definition) is 3. The highest BCUT2D eigenvalue weighted by atomic mass is 16.4. The second-order valence-electron chi connectivity index (χ2n) is 5.32. The fourth-order valence-electron chi connectivity index (χ4n) is 2.09. The van der Waals surface area contributed by atoms with Gasteiger partial charge in [-0.1, -0.05) is 13.3 Å². The number of nitrogens with one attached hydrogen (secondary N) is 2. The monoisotopic (exact) mass is 265 g/mol. The highest BCUT2D eigenvalue weighted by molar-refractivity contribution is 5.96. The highest BCUT2D eigenvalue weighted by Gasteiger charge is 2.35. The lowest BCUT2D eigenvalue weighted by molar-refractivity contribution is -0.144. The van der Waals surface area contributed by atoms with Gasteiger partial charge in [-0.2, -0.15) is 5.10 Å². The summed E-state index contributed by atoms with van der Waals surface area (Å²) in [7, 11) is 0. The molecular formula is C13H19N3O3. The van der Waals surface area contributed by atoms with E-state index in [-0.39, 0.29) is 5.69 Å². The van der Waals surface area contributed by atoms with E-state index in [1.165, 1.54) is 6.92 Å². The Hall–Kier alpha value is -1.85. The Balaban J connectivity index is 2.07. The van der Waals surface area contributed by atoms with E-state index in [9.17, 15) is 14.7 Å². The number of H-pyrrole nitrogens is 1. The zero-order chi connectivity index (χ0) is 14.0. The predicted molar refractivity (Wildman–Crippen MR) is 69.0 cm³/mol. The van der Waals surface area contributed by atoms with Crippen LogP contribution >= 0.6 is 0 Å². The number of carbonyl (C=O) groups is 2. The van der Waals surface area contributed by atoms with E-state index in [4.69, 9.17) is 0 Å². The third kappa shape index (κ3) is 2.94. The van der Waals surface area contributed by atoms with Crippen molar-refractivity contribution in [1.82, 2.24) is 15.5 Å². The van der Waals surface area contributed by atoms with Gasteiger partial charge in [0, 0.05) is 11.6 Å². The topological polar surface area (TPSA) is 95.1 Å². The molecule has 3 N–H and O–H groups in total. The molecule has 2 rings (SSSR count). The van der Waals surface area contributed by atoms with Gasteiger partial charge in [0.05, 0.1) is 0 Å². The molecule has 1 aliphatic carbocycles. The molecule has 0 spiro atoms. The van der Waals surface area contributed by atoms with Crippen LogP contribution in [0.2, 0.25) is 0 Å². The molecule has 1 aliphatic rings. The first kappa shape index (κ1) is 13.6. The predicted octanol–water partition coefficient (Wildman–Crippen LogP) is 1.66. The van der Waals surface area contributed by atoms with E-state index in [0.29, 0.717) is 18.8 Å². The maximum absolute atomic E-state index is 12.0. The summed E-state index contributed by atoms with van der Waals surface area (Å²) in [6.07, 6.45) is 3.29. The van der Waals surface area contributed by atoms with Crippen LogP contribution in [0.5, 0.6) is 0 Å². The Labute approximate surface area is 111 Å². The number of aromatic nitrogens is 2. The summed E-state index contributed by atoms with van der Waals surface area (Å²) in [6, 6.07) is 1.71. The van der Waals surface area contributed by atoms with Gasteiger partial charge in [-0.05, 0) is 32.3 Å².